The predicted molar refractivity (Wildman–Crippen MR) is 71.1 cm³/mol. The molecule has 5 heteroatoms. The van der Waals surface area contributed by atoms with Crippen LogP contribution in [0.1, 0.15) is 12.8 Å². The second kappa shape index (κ2) is 3.62. The van der Waals surface area contributed by atoms with Crippen LogP contribution < -0.4 is 15.9 Å². The average molecular weight is 244 g/mol. The maximum Gasteiger partial charge on any atom is 0.323 e. The summed E-state index contributed by atoms with van der Waals surface area (Å²) in [6.45, 7) is 2.13. The number of H-pyrrole nitrogens is 2. The van der Waals surface area contributed by atoms with Gasteiger partial charge >= 0.3 is 5.69 Å². The number of benzene rings is 1. The van der Waals surface area contributed by atoms with Gasteiger partial charge in [-0.05, 0) is 31.0 Å². The van der Waals surface area contributed by atoms with Gasteiger partial charge in [0.15, 0.2) is 0 Å². The molecule has 0 aliphatic carbocycles. The van der Waals surface area contributed by atoms with Crippen molar-refractivity contribution in [2.24, 2.45) is 0 Å². The summed E-state index contributed by atoms with van der Waals surface area (Å²) < 4.78 is 0. The monoisotopic (exact) mass is 244 g/mol. The van der Waals surface area contributed by atoms with E-state index in [1.807, 2.05) is 6.07 Å². The van der Waals surface area contributed by atoms with Crippen LogP contribution in [0.2, 0.25) is 0 Å². The average Bonchev–Trinajstić information content (AvgIpc) is 2.89. The molecule has 2 fully saturated rings. The second-order valence-corrected chi connectivity index (χ2v) is 5.35. The van der Waals surface area contributed by atoms with Crippen LogP contribution in [-0.2, 0) is 0 Å². The highest BCUT2D eigenvalue weighted by molar-refractivity contribution is 5.79. The van der Waals surface area contributed by atoms with Crippen LogP contribution in [0, 0.1) is 0 Å². The zero-order valence-corrected chi connectivity index (χ0v) is 10.1. The summed E-state index contributed by atoms with van der Waals surface area (Å²) in [4.78, 5) is 19.3. The van der Waals surface area contributed by atoms with Crippen molar-refractivity contribution in [2.75, 3.05) is 18.0 Å². The number of rotatable bonds is 1. The van der Waals surface area contributed by atoms with Gasteiger partial charge in [0, 0.05) is 30.9 Å². The highest BCUT2D eigenvalue weighted by atomic mass is 16.1. The molecule has 2 unspecified atom stereocenters. The highest BCUT2D eigenvalue weighted by Crippen LogP contribution is 2.26. The summed E-state index contributed by atoms with van der Waals surface area (Å²) in [5, 5.41) is 3.63. The molecule has 2 atom stereocenters. The molecule has 2 aliphatic rings. The minimum Gasteiger partial charge on any atom is -0.368 e. The lowest BCUT2D eigenvalue weighted by atomic mass is 10.2. The highest BCUT2D eigenvalue weighted by Gasteiger charge is 2.32. The zero-order valence-electron chi connectivity index (χ0n) is 10.1. The largest absolute Gasteiger partial charge is 0.368 e. The summed E-state index contributed by atoms with van der Waals surface area (Å²) in [5.74, 6) is 0. The Bertz CT molecular complexity index is 632. The summed E-state index contributed by atoms with van der Waals surface area (Å²) >= 11 is 0. The number of fused-ring (bicyclic) bond motifs is 3. The number of imidazole rings is 1. The SMILES string of the molecule is O=c1[nH]c2ccc(N3CC4CCC(C3)N4)cc2[nH]1. The number of nitrogens with one attached hydrogen (secondary N) is 3. The molecular formula is C13H16N4O. The first kappa shape index (κ1) is 10.2. The van der Waals surface area contributed by atoms with Crippen LogP contribution in [0.15, 0.2) is 23.0 Å². The predicted octanol–water partition coefficient (Wildman–Crippen LogP) is 0.797. The van der Waals surface area contributed by atoms with Gasteiger partial charge in [0.1, 0.15) is 0 Å². The van der Waals surface area contributed by atoms with E-state index >= 15 is 0 Å². The van der Waals surface area contributed by atoms with Gasteiger partial charge in [-0.25, -0.2) is 4.79 Å². The van der Waals surface area contributed by atoms with Crippen LogP contribution in [0.25, 0.3) is 11.0 Å². The number of anilines is 1. The van der Waals surface area contributed by atoms with Crippen molar-refractivity contribution in [2.45, 2.75) is 24.9 Å². The van der Waals surface area contributed by atoms with Crippen molar-refractivity contribution < 1.29 is 0 Å². The zero-order chi connectivity index (χ0) is 12.1. The van der Waals surface area contributed by atoms with E-state index in [1.54, 1.807) is 0 Å². The lowest BCUT2D eigenvalue weighted by Gasteiger charge is -2.34. The van der Waals surface area contributed by atoms with E-state index in [9.17, 15) is 4.79 Å². The van der Waals surface area contributed by atoms with E-state index in [0.717, 1.165) is 24.1 Å². The van der Waals surface area contributed by atoms with Crippen LogP contribution in [0.4, 0.5) is 5.69 Å². The molecule has 2 aliphatic heterocycles. The maximum absolute atomic E-state index is 11.3. The first-order valence-electron chi connectivity index (χ1n) is 6.51. The Labute approximate surface area is 104 Å². The first-order chi connectivity index (χ1) is 8.78. The summed E-state index contributed by atoms with van der Waals surface area (Å²) in [5.41, 5.74) is 2.84. The van der Waals surface area contributed by atoms with Gasteiger partial charge in [-0.2, -0.15) is 0 Å². The van der Waals surface area contributed by atoms with Crippen molar-refractivity contribution >= 4 is 16.7 Å². The number of hydrogen-bond donors (Lipinski definition) is 3. The first-order valence-corrected chi connectivity index (χ1v) is 6.51. The molecule has 3 N–H and O–H groups in total. The van der Waals surface area contributed by atoms with Crippen LogP contribution in [0.3, 0.4) is 0 Å². The summed E-state index contributed by atoms with van der Waals surface area (Å²) in [6, 6.07) is 7.40. The molecule has 94 valence electrons. The van der Waals surface area contributed by atoms with Gasteiger partial charge < -0.3 is 20.2 Å². The Balaban J connectivity index is 1.71. The fourth-order valence-corrected chi connectivity index (χ4v) is 3.22. The third kappa shape index (κ3) is 1.54. The van der Waals surface area contributed by atoms with Crippen molar-refractivity contribution in [3.8, 4) is 0 Å². The van der Waals surface area contributed by atoms with Gasteiger partial charge in [0.2, 0.25) is 0 Å². The fourth-order valence-electron chi connectivity index (χ4n) is 3.22. The standard InChI is InChI=1S/C13H16N4O/c18-13-15-11-4-3-10(5-12(11)16-13)17-6-8-1-2-9(7-17)14-8/h3-5,8-9,14H,1-2,6-7H2,(H2,15,16,18). The minimum atomic E-state index is -0.137. The summed E-state index contributed by atoms with van der Waals surface area (Å²) in [7, 11) is 0. The lowest BCUT2D eigenvalue weighted by molar-refractivity contribution is 0.466. The lowest BCUT2D eigenvalue weighted by Crippen LogP contribution is -2.51. The molecule has 2 aromatic rings. The van der Waals surface area contributed by atoms with E-state index in [0.29, 0.717) is 12.1 Å². The number of piperazine rings is 1. The van der Waals surface area contributed by atoms with Gasteiger partial charge in [-0.3, -0.25) is 0 Å². The quantitative estimate of drug-likeness (QED) is 0.695. The number of aromatic nitrogens is 2. The van der Waals surface area contributed by atoms with Gasteiger partial charge in [-0.15, -0.1) is 0 Å². The molecule has 1 aromatic heterocycles. The molecule has 5 nitrogen and oxygen atoms in total. The molecule has 2 saturated heterocycles. The molecule has 1 aromatic carbocycles. The Hall–Kier alpha value is -1.75. The van der Waals surface area contributed by atoms with Crippen molar-refractivity contribution in [1.29, 1.82) is 0 Å². The maximum atomic E-state index is 11.3. The third-order valence-electron chi connectivity index (χ3n) is 4.08. The molecule has 0 amide bonds. The Kier molecular flexibility index (Phi) is 2.05. The van der Waals surface area contributed by atoms with Gasteiger partial charge in [-0.1, -0.05) is 0 Å². The van der Waals surface area contributed by atoms with Crippen LogP contribution in [0.5, 0.6) is 0 Å². The molecule has 0 saturated carbocycles. The molecule has 0 radical (unpaired) electrons. The molecule has 4 rings (SSSR count). The molecule has 2 bridgehead atoms. The van der Waals surface area contributed by atoms with E-state index < -0.39 is 0 Å². The third-order valence-corrected chi connectivity index (χ3v) is 4.08. The number of aromatic amines is 2. The number of hydrogen-bond acceptors (Lipinski definition) is 3. The van der Waals surface area contributed by atoms with E-state index in [2.05, 4.69) is 32.3 Å². The van der Waals surface area contributed by atoms with E-state index in [4.69, 9.17) is 0 Å². The molecule has 0 spiro atoms. The Morgan fingerprint density at radius 2 is 1.78 bits per heavy atom. The van der Waals surface area contributed by atoms with Crippen LogP contribution >= 0.6 is 0 Å². The fraction of sp³-hybridized carbons (Fsp3) is 0.462. The Morgan fingerprint density at radius 1 is 1.06 bits per heavy atom. The van der Waals surface area contributed by atoms with Crippen molar-refractivity contribution in [3.05, 3.63) is 28.7 Å². The smallest absolute Gasteiger partial charge is 0.323 e. The molecular weight excluding hydrogens is 228 g/mol. The van der Waals surface area contributed by atoms with E-state index in [1.165, 1.54) is 18.5 Å². The summed E-state index contributed by atoms with van der Waals surface area (Å²) in [6.07, 6.45) is 2.56. The molecule has 3 heterocycles. The van der Waals surface area contributed by atoms with Crippen molar-refractivity contribution in [3.63, 3.8) is 0 Å². The Morgan fingerprint density at radius 3 is 2.56 bits per heavy atom. The van der Waals surface area contributed by atoms with Gasteiger partial charge in [0.05, 0.1) is 11.0 Å². The number of nitrogens with zero attached hydrogens (tertiary/aromatic N) is 1. The minimum absolute atomic E-state index is 0.137. The van der Waals surface area contributed by atoms with Crippen molar-refractivity contribution in [1.82, 2.24) is 15.3 Å². The van der Waals surface area contributed by atoms with Crippen LogP contribution in [-0.4, -0.2) is 35.1 Å². The molecule has 18 heavy (non-hydrogen) atoms. The second-order valence-electron chi connectivity index (χ2n) is 5.35. The van der Waals surface area contributed by atoms with Gasteiger partial charge in [0.25, 0.3) is 0 Å². The van der Waals surface area contributed by atoms with E-state index in [-0.39, 0.29) is 5.69 Å². The topological polar surface area (TPSA) is 63.9 Å². The normalized spacial score (nSPS) is 27.0.